The van der Waals surface area contributed by atoms with Crippen molar-refractivity contribution in [1.82, 2.24) is 19.5 Å². The van der Waals surface area contributed by atoms with Gasteiger partial charge in [0.05, 0.1) is 12.9 Å². The summed E-state index contributed by atoms with van der Waals surface area (Å²) in [6.45, 7) is 2.58. The highest BCUT2D eigenvalue weighted by Crippen LogP contribution is 2.35. The Morgan fingerprint density at radius 1 is 1.50 bits per heavy atom. The molecule has 0 aromatic carbocycles. The van der Waals surface area contributed by atoms with E-state index < -0.39 is 48.8 Å². The van der Waals surface area contributed by atoms with Gasteiger partial charge >= 0.3 is 6.16 Å². The second kappa shape index (κ2) is 7.52. The van der Waals surface area contributed by atoms with Crippen LogP contribution in [0.4, 0.5) is 15.1 Å². The number of nitrogens with zero attached hydrogens (tertiary/aromatic N) is 3. The number of aliphatic hydroxyl groups excluding tert-OH is 1. The van der Waals surface area contributed by atoms with Gasteiger partial charge in [-0.3, -0.25) is 24.5 Å². The minimum atomic E-state index is -1.95. The van der Waals surface area contributed by atoms with Crippen molar-refractivity contribution in [2.45, 2.75) is 38.5 Å². The summed E-state index contributed by atoms with van der Waals surface area (Å²) in [5, 5.41) is 20.5. The highest BCUT2D eigenvalue weighted by atomic mass is 19.1. The van der Waals surface area contributed by atoms with E-state index in [2.05, 4.69) is 25.0 Å². The molecule has 0 saturated carbocycles. The molecule has 0 bridgehead atoms. The maximum Gasteiger partial charge on any atom is 0.506 e. The first kappa shape index (κ1) is 19.7. The van der Waals surface area contributed by atoms with Crippen molar-refractivity contribution < 1.29 is 33.7 Å². The van der Waals surface area contributed by atoms with Crippen molar-refractivity contribution in [2.75, 3.05) is 11.9 Å². The van der Waals surface area contributed by atoms with Crippen LogP contribution >= 0.6 is 0 Å². The first-order valence-electron chi connectivity index (χ1n) is 8.30. The Morgan fingerprint density at radius 2 is 2.21 bits per heavy atom. The highest BCUT2D eigenvalue weighted by molar-refractivity contribution is 5.91. The van der Waals surface area contributed by atoms with E-state index in [0.717, 1.165) is 10.9 Å². The third-order valence-electron chi connectivity index (χ3n) is 4.15. The molecule has 1 aliphatic heterocycles. The first-order chi connectivity index (χ1) is 13.2. The fourth-order valence-electron chi connectivity index (χ4n) is 2.74. The summed E-state index contributed by atoms with van der Waals surface area (Å²) in [7, 11) is 0. The molecule has 3 heterocycles. The number of nitrogens with one attached hydrogen (secondary N) is 2. The smallest absolute Gasteiger partial charge is 0.450 e. The van der Waals surface area contributed by atoms with E-state index in [1.807, 2.05) is 0 Å². The number of carbonyl (C=O) groups is 2. The topological polar surface area (TPSA) is 169 Å². The number of hydrogen-bond acceptors (Lipinski definition) is 8. The highest BCUT2D eigenvalue weighted by Gasteiger charge is 2.49. The van der Waals surface area contributed by atoms with E-state index in [9.17, 15) is 23.9 Å². The quantitative estimate of drug-likeness (QED) is 0.506. The van der Waals surface area contributed by atoms with Gasteiger partial charge < -0.3 is 19.7 Å². The Kier molecular flexibility index (Phi) is 5.29. The van der Waals surface area contributed by atoms with Gasteiger partial charge in [-0.2, -0.15) is 4.98 Å². The molecule has 2 aromatic rings. The van der Waals surface area contributed by atoms with Crippen molar-refractivity contribution in [1.29, 1.82) is 0 Å². The summed E-state index contributed by atoms with van der Waals surface area (Å²) < 4.78 is 25.5. The van der Waals surface area contributed by atoms with E-state index in [-0.39, 0.29) is 23.0 Å². The molecule has 4 N–H and O–H groups in total. The molecule has 1 amide bonds. The van der Waals surface area contributed by atoms with Gasteiger partial charge in [-0.15, -0.1) is 0 Å². The van der Waals surface area contributed by atoms with Gasteiger partial charge in [-0.1, -0.05) is 13.8 Å². The summed E-state index contributed by atoms with van der Waals surface area (Å²) in [6, 6.07) is 0. The van der Waals surface area contributed by atoms with Crippen LogP contribution in [0, 0.1) is 5.92 Å². The molecule has 152 valence electrons. The molecule has 0 aliphatic carbocycles. The molecular weight excluding hydrogens is 381 g/mol. The van der Waals surface area contributed by atoms with Crippen molar-refractivity contribution in [3.8, 4) is 0 Å². The van der Waals surface area contributed by atoms with Gasteiger partial charge in [-0.25, -0.2) is 14.2 Å². The number of halogens is 1. The van der Waals surface area contributed by atoms with Gasteiger partial charge in [0.1, 0.15) is 6.10 Å². The number of H-pyrrole nitrogens is 1. The Balaban J connectivity index is 2.04. The van der Waals surface area contributed by atoms with Gasteiger partial charge in [0.25, 0.3) is 5.56 Å². The van der Waals surface area contributed by atoms with Crippen LogP contribution in [0.15, 0.2) is 11.1 Å². The van der Waals surface area contributed by atoms with Crippen LogP contribution in [0.3, 0.4) is 0 Å². The number of hydrogen-bond donors (Lipinski definition) is 4. The summed E-state index contributed by atoms with van der Waals surface area (Å²) in [4.78, 5) is 45.3. The number of carboxylic acid groups (broad SMARTS) is 1. The zero-order valence-corrected chi connectivity index (χ0v) is 14.8. The lowest BCUT2D eigenvalue weighted by Crippen LogP contribution is -2.33. The molecule has 1 fully saturated rings. The number of ether oxygens (including phenoxy) is 2. The van der Waals surface area contributed by atoms with Crippen LogP contribution in [0.5, 0.6) is 0 Å². The van der Waals surface area contributed by atoms with Crippen molar-refractivity contribution in [3.63, 3.8) is 0 Å². The molecule has 3 rings (SSSR count). The maximum absolute atomic E-state index is 14.4. The van der Waals surface area contributed by atoms with E-state index in [1.54, 1.807) is 13.8 Å². The Labute approximate surface area is 156 Å². The number of rotatable bonds is 5. The summed E-state index contributed by atoms with van der Waals surface area (Å²) in [5.74, 6) is -0.945. The predicted octanol–water partition coefficient (Wildman–Crippen LogP) is 0.00510. The van der Waals surface area contributed by atoms with Crippen molar-refractivity contribution in [3.05, 3.63) is 16.7 Å². The van der Waals surface area contributed by atoms with Crippen LogP contribution < -0.4 is 10.9 Å². The minimum absolute atomic E-state index is 0.0856. The summed E-state index contributed by atoms with van der Waals surface area (Å²) in [6.07, 6.45) is -6.91. The van der Waals surface area contributed by atoms with Crippen molar-refractivity contribution in [2.24, 2.45) is 5.92 Å². The van der Waals surface area contributed by atoms with Crippen LogP contribution in [-0.2, 0) is 14.3 Å². The van der Waals surface area contributed by atoms with E-state index >= 15 is 0 Å². The third kappa shape index (κ3) is 3.53. The number of amides is 1. The number of aromatic amines is 1. The monoisotopic (exact) mass is 399 g/mol. The Bertz CT molecular complexity index is 958. The van der Waals surface area contributed by atoms with Gasteiger partial charge in [-0.05, 0) is 0 Å². The molecule has 0 spiro atoms. The molecule has 13 heteroatoms. The molecular formula is C15H18FN5O7. The molecule has 0 radical (unpaired) electrons. The molecule has 2 aromatic heterocycles. The number of aliphatic hydroxyl groups is 1. The normalized spacial score (nSPS) is 24.6. The largest absolute Gasteiger partial charge is 0.506 e. The molecule has 1 saturated heterocycles. The standard InChI is InChI=1S/C15H18FN5O7/c1-5(2)11(23)19-14-18-10-8(12(24)20-14)17-4-21(10)13-9(28-15(25)26)7(16)6(3-22)27-13/h4-7,9,13,22H,3H2,1-2H3,(H,25,26)(H2,18,19,20,23,24)/t6-,7+,9-,13-/m1/s1. The molecule has 1 aliphatic rings. The fourth-order valence-corrected chi connectivity index (χ4v) is 2.74. The van der Waals surface area contributed by atoms with E-state index in [0.29, 0.717) is 0 Å². The van der Waals surface area contributed by atoms with Gasteiger partial charge in [0.15, 0.2) is 29.7 Å². The second-order valence-corrected chi connectivity index (χ2v) is 6.42. The molecule has 28 heavy (non-hydrogen) atoms. The number of fused-ring (bicyclic) bond motifs is 1. The summed E-state index contributed by atoms with van der Waals surface area (Å²) in [5.41, 5.74) is -0.896. The van der Waals surface area contributed by atoms with Crippen LogP contribution in [-0.4, -0.2) is 66.8 Å². The third-order valence-corrected chi connectivity index (χ3v) is 4.15. The number of aromatic nitrogens is 4. The number of anilines is 1. The Morgan fingerprint density at radius 3 is 2.82 bits per heavy atom. The molecule has 4 atom stereocenters. The van der Waals surface area contributed by atoms with E-state index in [1.165, 1.54) is 0 Å². The Hall–Kier alpha value is -3.06. The zero-order valence-electron chi connectivity index (χ0n) is 14.8. The average Bonchev–Trinajstić information content (AvgIpc) is 3.16. The van der Waals surface area contributed by atoms with Crippen LogP contribution in [0.25, 0.3) is 11.2 Å². The minimum Gasteiger partial charge on any atom is -0.450 e. The van der Waals surface area contributed by atoms with Crippen LogP contribution in [0.1, 0.15) is 20.1 Å². The first-order valence-corrected chi connectivity index (χ1v) is 8.30. The lowest BCUT2D eigenvalue weighted by molar-refractivity contribution is -0.118. The summed E-state index contributed by atoms with van der Waals surface area (Å²) >= 11 is 0. The van der Waals surface area contributed by atoms with Crippen molar-refractivity contribution >= 4 is 29.2 Å². The number of alkyl halides is 1. The molecule has 12 nitrogen and oxygen atoms in total. The lowest BCUT2D eigenvalue weighted by atomic mass is 10.1. The van der Waals surface area contributed by atoms with Gasteiger partial charge in [0, 0.05) is 5.92 Å². The van der Waals surface area contributed by atoms with Gasteiger partial charge in [0.2, 0.25) is 11.9 Å². The number of carbonyl (C=O) groups excluding carboxylic acids is 1. The number of imidazole rings is 1. The predicted molar refractivity (Wildman–Crippen MR) is 90.4 cm³/mol. The molecule has 0 unspecified atom stereocenters. The lowest BCUT2D eigenvalue weighted by Gasteiger charge is -2.19. The second-order valence-electron chi connectivity index (χ2n) is 6.42. The van der Waals surface area contributed by atoms with E-state index in [4.69, 9.17) is 9.84 Å². The average molecular weight is 399 g/mol. The van der Waals surface area contributed by atoms with Crippen LogP contribution in [0.2, 0.25) is 0 Å². The zero-order chi connectivity index (χ0) is 20.6. The fraction of sp³-hybridized carbons (Fsp3) is 0.533. The SMILES string of the molecule is CC(C)C(=O)Nc1nc2c(ncn2[C@@H]2O[C@H](CO)[C@H](F)[C@H]2OC(=O)O)c(=O)[nH]1. The maximum atomic E-state index is 14.4.